The molecular formula is C19H20FNO3. The second kappa shape index (κ2) is 8.82. The fraction of sp³-hybridized carbons (Fsp3) is 0.263. The average Bonchev–Trinajstić information content (AvgIpc) is 2.57. The van der Waals surface area contributed by atoms with Crippen molar-refractivity contribution >= 4 is 18.1 Å². The van der Waals surface area contributed by atoms with Crippen molar-refractivity contribution in [1.82, 2.24) is 0 Å². The Morgan fingerprint density at radius 2 is 1.88 bits per heavy atom. The van der Waals surface area contributed by atoms with E-state index in [1.54, 1.807) is 18.2 Å². The molecule has 0 atom stereocenters. The van der Waals surface area contributed by atoms with Gasteiger partial charge in [0.15, 0.2) is 6.29 Å². The molecule has 5 heteroatoms. The molecule has 4 nitrogen and oxygen atoms in total. The largest absolute Gasteiger partial charge is 0.449 e. The predicted octanol–water partition coefficient (Wildman–Crippen LogP) is 4.58. The molecule has 0 fully saturated rings. The Morgan fingerprint density at radius 1 is 1.17 bits per heavy atom. The zero-order chi connectivity index (χ0) is 17.4. The number of hydrogen-bond acceptors (Lipinski definition) is 3. The maximum absolute atomic E-state index is 13.6. The van der Waals surface area contributed by atoms with Gasteiger partial charge in [-0.25, -0.2) is 9.18 Å². The van der Waals surface area contributed by atoms with Crippen molar-refractivity contribution in [2.45, 2.75) is 26.2 Å². The summed E-state index contributed by atoms with van der Waals surface area (Å²) in [5, 5.41) is 2.66. The first-order valence-electron chi connectivity index (χ1n) is 7.88. The van der Waals surface area contributed by atoms with Crippen LogP contribution in [0.15, 0.2) is 42.5 Å². The van der Waals surface area contributed by atoms with Gasteiger partial charge in [-0.2, -0.15) is 0 Å². The highest BCUT2D eigenvalue weighted by Gasteiger charge is 2.05. The Bertz CT molecular complexity index is 698. The van der Waals surface area contributed by atoms with Gasteiger partial charge in [0.25, 0.3) is 0 Å². The monoisotopic (exact) mass is 329 g/mol. The molecular weight excluding hydrogens is 309 g/mol. The van der Waals surface area contributed by atoms with Crippen LogP contribution in [0.3, 0.4) is 0 Å². The minimum atomic E-state index is -0.518. The summed E-state index contributed by atoms with van der Waals surface area (Å²) in [6.45, 7) is 2.43. The lowest BCUT2D eigenvalue weighted by atomic mass is 10.0. The normalized spacial score (nSPS) is 10.2. The molecule has 1 amide bonds. The van der Waals surface area contributed by atoms with Crippen LogP contribution < -0.4 is 5.32 Å². The lowest BCUT2D eigenvalue weighted by Gasteiger charge is -2.08. The van der Waals surface area contributed by atoms with Crippen LogP contribution in [-0.4, -0.2) is 19.0 Å². The highest BCUT2D eigenvalue weighted by atomic mass is 19.1. The standard InChI is InChI=1S/C19H20FNO3/c1-2-3-10-24-19(23)21-17-8-5-14(6-9-17)11-15-4-7-16(13-22)18(20)12-15/h4-9,12-13H,2-3,10-11H2,1H3,(H,21,23). The van der Waals surface area contributed by atoms with E-state index in [0.717, 1.165) is 24.0 Å². The van der Waals surface area contributed by atoms with Gasteiger partial charge >= 0.3 is 6.09 Å². The summed E-state index contributed by atoms with van der Waals surface area (Å²) in [5.41, 5.74) is 2.44. The molecule has 0 aromatic heterocycles. The van der Waals surface area contributed by atoms with Crippen molar-refractivity contribution in [2.24, 2.45) is 0 Å². The van der Waals surface area contributed by atoms with Gasteiger partial charge in [0.1, 0.15) is 5.82 Å². The number of halogens is 1. The molecule has 0 aliphatic heterocycles. The zero-order valence-corrected chi connectivity index (χ0v) is 13.5. The first-order valence-corrected chi connectivity index (χ1v) is 7.88. The van der Waals surface area contributed by atoms with Crippen molar-refractivity contribution in [2.75, 3.05) is 11.9 Å². The number of benzene rings is 2. The summed E-state index contributed by atoms with van der Waals surface area (Å²) < 4.78 is 18.6. The number of carbonyl (C=O) groups excluding carboxylic acids is 2. The van der Waals surface area contributed by atoms with Crippen molar-refractivity contribution in [3.8, 4) is 0 Å². The van der Waals surface area contributed by atoms with Crippen LogP contribution in [0.25, 0.3) is 0 Å². The zero-order valence-electron chi connectivity index (χ0n) is 13.5. The van der Waals surface area contributed by atoms with Crippen LogP contribution in [0.4, 0.5) is 14.9 Å². The topological polar surface area (TPSA) is 55.4 Å². The maximum Gasteiger partial charge on any atom is 0.411 e. The smallest absolute Gasteiger partial charge is 0.411 e. The molecule has 1 N–H and O–H groups in total. The summed E-state index contributed by atoms with van der Waals surface area (Å²) in [4.78, 5) is 22.2. The van der Waals surface area contributed by atoms with E-state index in [4.69, 9.17) is 4.74 Å². The molecule has 24 heavy (non-hydrogen) atoms. The van der Waals surface area contributed by atoms with Crippen molar-refractivity contribution in [3.05, 3.63) is 65.0 Å². The Kier molecular flexibility index (Phi) is 6.49. The van der Waals surface area contributed by atoms with Crippen molar-refractivity contribution < 1.29 is 18.7 Å². The third-order valence-corrected chi connectivity index (χ3v) is 3.53. The van der Waals surface area contributed by atoms with E-state index in [-0.39, 0.29) is 5.56 Å². The first kappa shape index (κ1) is 17.7. The quantitative estimate of drug-likeness (QED) is 0.597. The summed E-state index contributed by atoms with van der Waals surface area (Å²) >= 11 is 0. The Balaban J connectivity index is 1.93. The van der Waals surface area contributed by atoms with E-state index in [2.05, 4.69) is 5.32 Å². The number of rotatable bonds is 7. The molecule has 0 bridgehead atoms. The number of carbonyl (C=O) groups is 2. The fourth-order valence-electron chi connectivity index (χ4n) is 2.18. The molecule has 126 valence electrons. The highest BCUT2D eigenvalue weighted by molar-refractivity contribution is 5.84. The van der Waals surface area contributed by atoms with Gasteiger partial charge < -0.3 is 4.74 Å². The summed E-state index contributed by atoms with van der Waals surface area (Å²) in [6.07, 6.45) is 2.38. The highest BCUT2D eigenvalue weighted by Crippen LogP contribution is 2.16. The average molecular weight is 329 g/mol. The molecule has 0 spiro atoms. The van der Waals surface area contributed by atoms with Crippen LogP contribution in [0.5, 0.6) is 0 Å². The first-order chi connectivity index (χ1) is 11.6. The molecule has 0 aliphatic rings. The second-order valence-electron chi connectivity index (χ2n) is 5.46. The molecule has 2 aromatic carbocycles. The minimum Gasteiger partial charge on any atom is -0.449 e. The van der Waals surface area contributed by atoms with E-state index in [9.17, 15) is 14.0 Å². The van der Waals surface area contributed by atoms with Crippen LogP contribution >= 0.6 is 0 Å². The third-order valence-electron chi connectivity index (χ3n) is 3.53. The van der Waals surface area contributed by atoms with Crippen LogP contribution in [0, 0.1) is 5.82 Å². The van der Waals surface area contributed by atoms with Crippen molar-refractivity contribution in [3.63, 3.8) is 0 Å². The SMILES string of the molecule is CCCCOC(=O)Nc1ccc(Cc2ccc(C=O)c(F)c2)cc1. The van der Waals surface area contributed by atoms with Crippen molar-refractivity contribution in [1.29, 1.82) is 0 Å². The van der Waals surface area contributed by atoms with Gasteiger partial charge in [0, 0.05) is 5.69 Å². The molecule has 0 heterocycles. The molecule has 0 aliphatic carbocycles. The Labute approximate surface area is 140 Å². The van der Waals surface area contributed by atoms with Gasteiger partial charge in [0.2, 0.25) is 0 Å². The van der Waals surface area contributed by atoms with E-state index in [1.165, 1.54) is 12.1 Å². The summed E-state index contributed by atoms with van der Waals surface area (Å²) in [5.74, 6) is -0.518. The number of hydrogen-bond donors (Lipinski definition) is 1. The van der Waals surface area contributed by atoms with E-state index in [1.807, 2.05) is 19.1 Å². The van der Waals surface area contributed by atoms with E-state index >= 15 is 0 Å². The molecule has 0 saturated carbocycles. The lowest BCUT2D eigenvalue weighted by Crippen LogP contribution is -2.14. The number of unbranched alkanes of at least 4 members (excludes halogenated alkanes) is 1. The molecule has 2 rings (SSSR count). The molecule has 2 aromatic rings. The second-order valence-corrected chi connectivity index (χ2v) is 5.46. The Hall–Kier alpha value is -2.69. The van der Waals surface area contributed by atoms with Gasteiger partial charge in [0.05, 0.1) is 12.2 Å². The number of nitrogens with one attached hydrogen (secondary N) is 1. The third kappa shape index (κ3) is 5.19. The van der Waals surface area contributed by atoms with Gasteiger partial charge in [-0.3, -0.25) is 10.1 Å². The summed E-state index contributed by atoms with van der Waals surface area (Å²) in [7, 11) is 0. The number of amides is 1. The number of ether oxygens (including phenoxy) is 1. The predicted molar refractivity (Wildman–Crippen MR) is 90.9 cm³/mol. The lowest BCUT2D eigenvalue weighted by molar-refractivity contribution is 0.111. The van der Waals surface area contributed by atoms with Gasteiger partial charge in [-0.15, -0.1) is 0 Å². The van der Waals surface area contributed by atoms with E-state index in [0.29, 0.717) is 25.0 Å². The van der Waals surface area contributed by atoms with Crippen LogP contribution in [0.1, 0.15) is 41.3 Å². The van der Waals surface area contributed by atoms with Crippen LogP contribution in [-0.2, 0) is 11.2 Å². The molecule has 0 radical (unpaired) electrons. The van der Waals surface area contributed by atoms with Gasteiger partial charge in [-0.1, -0.05) is 31.5 Å². The molecule has 0 unspecified atom stereocenters. The number of anilines is 1. The Morgan fingerprint density at radius 3 is 2.50 bits per heavy atom. The van der Waals surface area contributed by atoms with E-state index < -0.39 is 11.9 Å². The molecule has 0 saturated heterocycles. The fourth-order valence-corrected chi connectivity index (χ4v) is 2.18. The van der Waals surface area contributed by atoms with Gasteiger partial charge in [-0.05, 0) is 48.2 Å². The van der Waals surface area contributed by atoms with Crippen LogP contribution in [0.2, 0.25) is 0 Å². The number of aldehydes is 1. The maximum atomic E-state index is 13.6. The minimum absolute atomic E-state index is 0.0554. The summed E-state index contributed by atoms with van der Waals surface area (Å²) in [6, 6.07) is 11.8.